The summed E-state index contributed by atoms with van der Waals surface area (Å²) in [4.78, 5) is 0. The van der Waals surface area contributed by atoms with E-state index in [1.165, 1.54) is 0 Å². The minimum absolute atomic E-state index is 0. The lowest BCUT2D eigenvalue weighted by atomic mass is 10.2. The summed E-state index contributed by atoms with van der Waals surface area (Å²) in [5.74, 6) is 1.54. The highest BCUT2D eigenvalue weighted by molar-refractivity contribution is 5.85. The fraction of sp³-hybridized carbons (Fsp3) is 0.571. The van der Waals surface area contributed by atoms with Crippen LogP contribution >= 0.6 is 24.8 Å². The summed E-state index contributed by atoms with van der Waals surface area (Å²) in [6.45, 7) is 5.88. The second-order valence-corrected chi connectivity index (χ2v) is 4.07. The molecule has 0 saturated carbocycles. The Morgan fingerprint density at radius 3 is 2.38 bits per heavy atom. The van der Waals surface area contributed by atoms with Crippen LogP contribution in [0.1, 0.15) is 12.5 Å². The predicted octanol–water partition coefficient (Wildman–Crippen LogP) is 1.61. The molecule has 124 valence electrons. The van der Waals surface area contributed by atoms with Crippen LogP contribution < -0.4 is 20.1 Å². The second kappa shape index (κ2) is 14.2. The molecule has 0 heterocycles. The summed E-state index contributed by atoms with van der Waals surface area (Å²) in [5.41, 5.74) is 1.16. The van der Waals surface area contributed by atoms with Crippen LogP contribution in [-0.2, 0) is 6.54 Å². The molecule has 1 aromatic carbocycles. The summed E-state index contributed by atoms with van der Waals surface area (Å²) >= 11 is 0. The Balaban J connectivity index is 0. The summed E-state index contributed by atoms with van der Waals surface area (Å²) < 4.78 is 10.8. The molecule has 0 aliphatic heterocycles. The molecule has 0 atom stereocenters. The molecule has 0 radical (unpaired) electrons. The monoisotopic (exact) mass is 340 g/mol. The zero-order valence-electron chi connectivity index (χ0n) is 12.6. The molecular formula is C14H26Cl2N2O3. The molecule has 5 nitrogen and oxygen atoms in total. The second-order valence-electron chi connectivity index (χ2n) is 4.07. The highest BCUT2D eigenvalue weighted by atomic mass is 35.5. The van der Waals surface area contributed by atoms with Crippen molar-refractivity contribution in [1.82, 2.24) is 10.6 Å². The minimum atomic E-state index is 0. The Morgan fingerprint density at radius 2 is 1.76 bits per heavy atom. The fourth-order valence-electron chi connectivity index (χ4n) is 1.71. The number of benzene rings is 1. The Hall–Kier alpha value is -0.720. The van der Waals surface area contributed by atoms with Gasteiger partial charge in [0.1, 0.15) is 0 Å². The van der Waals surface area contributed by atoms with Crippen molar-refractivity contribution in [3.05, 3.63) is 23.8 Å². The third kappa shape index (κ3) is 9.01. The van der Waals surface area contributed by atoms with Crippen molar-refractivity contribution in [2.45, 2.75) is 13.5 Å². The van der Waals surface area contributed by atoms with Crippen molar-refractivity contribution >= 4 is 24.8 Å². The molecule has 0 aliphatic rings. The maximum atomic E-state index is 8.62. The third-order valence-corrected chi connectivity index (χ3v) is 2.62. The van der Waals surface area contributed by atoms with Crippen molar-refractivity contribution in [2.75, 3.05) is 40.0 Å². The highest BCUT2D eigenvalue weighted by Crippen LogP contribution is 2.27. The molecule has 0 saturated heterocycles. The Labute approximate surface area is 139 Å². The van der Waals surface area contributed by atoms with E-state index in [1.807, 2.05) is 25.1 Å². The quantitative estimate of drug-likeness (QED) is 0.565. The molecular weight excluding hydrogens is 315 g/mol. The Morgan fingerprint density at radius 1 is 1.05 bits per heavy atom. The van der Waals surface area contributed by atoms with Crippen molar-refractivity contribution in [2.24, 2.45) is 0 Å². The summed E-state index contributed by atoms with van der Waals surface area (Å²) in [6, 6.07) is 5.95. The third-order valence-electron chi connectivity index (χ3n) is 2.62. The van der Waals surface area contributed by atoms with Gasteiger partial charge in [0.2, 0.25) is 0 Å². The van der Waals surface area contributed by atoms with Gasteiger partial charge < -0.3 is 25.2 Å². The summed E-state index contributed by atoms with van der Waals surface area (Å²) in [7, 11) is 1.65. The first kappa shape index (κ1) is 22.6. The van der Waals surface area contributed by atoms with E-state index >= 15 is 0 Å². The van der Waals surface area contributed by atoms with Gasteiger partial charge in [0, 0.05) is 26.2 Å². The number of aliphatic hydroxyl groups excluding tert-OH is 1. The van der Waals surface area contributed by atoms with Crippen LogP contribution in [0.15, 0.2) is 18.2 Å². The van der Waals surface area contributed by atoms with Gasteiger partial charge in [-0.3, -0.25) is 0 Å². The van der Waals surface area contributed by atoms with Crippen molar-refractivity contribution in [1.29, 1.82) is 0 Å². The van der Waals surface area contributed by atoms with Gasteiger partial charge in [-0.2, -0.15) is 0 Å². The van der Waals surface area contributed by atoms with Gasteiger partial charge in [-0.15, -0.1) is 24.8 Å². The summed E-state index contributed by atoms with van der Waals surface area (Å²) in [5, 5.41) is 15.1. The van der Waals surface area contributed by atoms with Crippen LogP contribution in [0, 0.1) is 0 Å². The zero-order chi connectivity index (χ0) is 13.9. The predicted molar refractivity (Wildman–Crippen MR) is 90.3 cm³/mol. The standard InChI is InChI=1S/C14H24N2O3.2ClH/c1-3-19-13-5-4-12(10-14(13)18-2)11-16-7-6-15-8-9-17;;/h4-5,10,15-17H,3,6-9,11H2,1-2H3;2*1H. The van der Waals surface area contributed by atoms with Crippen LogP contribution in [0.25, 0.3) is 0 Å². The van der Waals surface area contributed by atoms with E-state index in [0.717, 1.165) is 36.7 Å². The molecule has 0 amide bonds. The molecule has 3 N–H and O–H groups in total. The molecule has 0 spiro atoms. The topological polar surface area (TPSA) is 62.8 Å². The molecule has 0 bridgehead atoms. The van der Waals surface area contributed by atoms with Gasteiger partial charge in [0.15, 0.2) is 11.5 Å². The molecule has 0 aromatic heterocycles. The van der Waals surface area contributed by atoms with Gasteiger partial charge in [-0.05, 0) is 24.6 Å². The van der Waals surface area contributed by atoms with Gasteiger partial charge in [0.25, 0.3) is 0 Å². The lowest BCUT2D eigenvalue weighted by Gasteiger charge is -2.11. The maximum absolute atomic E-state index is 8.62. The number of rotatable bonds is 10. The lowest BCUT2D eigenvalue weighted by Crippen LogP contribution is -2.28. The lowest BCUT2D eigenvalue weighted by molar-refractivity contribution is 0.292. The van der Waals surface area contributed by atoms with E-state index in [1.54, 1.807) is 7.11 Å². The van der Waals surface area contributed by atoms with Crippen molar-refractivity contribution in [3.8, 4) is 11.5 Å². The number of nitrogens with one attached hydrogen (secondary N) is 2. The van der Waals surface area contributed by atoms with Crippen LogP contribution in [-0.4, -0.2) is 45.1 Å². The van der Waals surface area contributed by atoms with Crippen molar-refractivity contribution in [3.63, 3.8) is 0 Å². The molecule has 21 heavy (non-hydrogen) atoms. The first-order valence-electron chi connectivity index (χ1n) is 6.63. The Kier molecular flexibility index (Phi) is 15.3. The smallest absolute Gasteiger partial charge is 0.161 e. The number of aliphatic hydroxyl groups is 1. The number of methoxy groups -OCH3 is 1. The number of hydrogen-bond donors (Lipinski definition) is 3. The number of hydrogen-bond acceptors (Lipinski definition) is 5. The van der Waals surface area contributed by atoms with E-state index in [4.69, 9.17) is 14.6 Å². The van der Waals surface area contributed by atoms with Crippen LogP contribution in [0.4, 0.5) is 0 Å². The molecule has 7 heteroatoms. The molecule has 1 rings (SSSR count). The van der Waals surface area contributed by atoms with E-state index in [-0.39, 0.29) is 31.4 Å². The first-order chi connectivity index (χ1) is 9.31. The van der Waals surface area contributed by atoms with E-state index in [2.05, 4.69) is 10.6 Å². The first-order valence-corrected chi connectivity index (χ1v) is 6.63. The summed E-state index contributed by atoms with van der Waals surface area (Å²) in [6.07, 6.45) is 0. The van der Waals surface area contributed by atoms with Crippen molar-refractivity contribution < 1.29 is 14.6 Å². The van der Waals surface area contributed by atoms with E-state index < -0.39 is 0 Å². The van der Waals surface area contributed by atoms with Gasteiger partial charge in [0.05, 0.1) is 20.3 Å². The molecule has 0 fully saturated rings. The van der Waals surface area contributed by atoms with E-state index in [0.29, 0.717) is 13.2 Å². The molecule has 1 aromatic rings. The van der Waals surface area contributed by atoms with Gasteiger partial charge in [-0.1, -0.05) is 6.07 Å². The average Bonchev–Trinajstić information content (AvgIpc) is 2.44. The molecule has 0 aliphatic carbocycles. The van der Waals surface area contributed by atoms with Gasteiger partial charge >= 0.3 is 0 Å². The average molecular weight is 341 g/mol. The molecule has 0 unspecified atom stereocenters. The van der Waals surface area contributed by atoms with Crippen LogP contribution in [0.5, 0.6) is 11.5 Å². The van der Waals surface area contributed by atoms with Crippen LogP contribution in [0.3, 0.4) is 0 Å². The number of halogens is 2. The fourth-order valence-corrected chi connectivity index (χ4v) is 1.71. The van der Waals surface area contributed by atoms with E-state index in [9.17, 15) is 0 Å². The minimum Gasteiger partial charge on any atom is -0.493 e. The van der Waals surface area contributed by atoms with Gasteiger partial charge in [-0.25, -0.2) is 0 Å². The Bertz CT molecular complexity index is 368. The normalized spacial score (nSPS) is 9.48. The highest BCUT2D eigenvalue weighted by Gasteiger charge is 2.04. The van der Waals surface area contributed by atoms with Crippen LogP contribution in [0.2, 0.25) is 0 Å². The SMILES string of the molecule is CCOc1ccc(CNCCNCCO)cc1OC.Cl.Cl. The zero-order valence-corrected chi connectivity index (χ0v) is 14.2. The number of ether oxygens (including phenoxy) is 2. The largest absolute Gasteiger partial charge is 0.493 e. The maximum Gasteiger partial charge on any atom is 0.161 e.